The van der Waals surface area contributed by atoms with Crippen LogP contribution in [0.25, 0.3) is 0 Å². The van der Waals surface area contributed by atoms with Crippen molar-refractivity contribution in [1.82, 2.24) is 14.5 Å². The summed E-state index contributed by atoms with van der Waals surface area (Å²) in [4.78, 5) is 28.9. The molecule has 7 nitrogen and oxygen atoms in total. The third-order valence-electron chi connectivity index (χ3n) is 5.86. The Morgan fingerprint density at radius 2 is 1.27 bits per heavy atom. The van der Waals surface area contributed by atoms with E-state index in [9.17, 15) is 18.0 Å². The van der Waals surface area contributed by atoms with Gasteiger partial charge in [0.15, 0.2) is 0 Å². The molecule has 196 valence electrons. The van der Waals surface area contributed by atoms with Gasteiger partial charge in [0.25, 0.3) is 0 Å². The molecule has 3 aromatic carbocycles. The molecule has 0 saturated heterocycles. The first-order valence-corrected chi connectivity index (χ1v) is 14.1. The fraction of sp³-hybridized carbons (Fsp3) is 0.310. The molecule has 0 aromatic heterocycles. The van der Waals surface area contributed by atoms with Gasteiger partial charge in [-0.3, -0.25) is 9.59 Å². The van der Waals surface area contributed by atoms with Crippen LogP contribution in [-0.4, -0.2) is 48.8 Å². The van der Waals surface area contributed by atoms with Crippen LogP contribution >= 0.6 is 0 Å². The van der Waals surface area contributed by atoms with Crippen molar-refractivity contribution in [2.75, 3.05) is 19.3 Å². The van der Waals surface area contributed by atoms with Gasteiger partial charge in [0.05, 0.1) is 12.8 Å². The largest absolute Gasteiger partial charge is 0.354 e. The van der Waals surface area contributed by atoms with Crippen molar-refractivity contribution in [3.05, 3.63) is 108 Å². The van der Waals surface area contributed by atoms with E-state index < -0.39 is 22.0 Å². The summed E-state index contributed by atoms with van der Waals surface area (Å²) in [5.41, 5.74) is 2.26. The Balaban J connectivity index is 1.99. The van der Waals surface area contributed by atoms with Crippen LogP contribution in [0.4, 0.5) is 0 Å². The zero-order chi connectivity index (χ0) is 26.8. The Morgan fingerprint density at radius 3 is 1.76 bits per heavy atom. The van der Waals surface area contributed by atoms with Crippen LogP contribution in [0, 0.1) is 5.92 Å². The molecule has 0 saturated carbocycles. The molecule has 0 aliphatic carbocycles. The van der Waals surface area contributed by atoms with E-state index in [0.29, 0.717) is 12.1 Å². The van der Waals surface area contributed by atoms with Crippen LogP contribution < -0.4 is 5.32 Å². The van der Waals surface area contributed by atoms with Crippen LogP contribution in [0.5, 0.6) is 0 Å². The van der Waals surface area contributed by atoms with Gasteiger partial charge >= 0.3 is 0 Å². The van der Waals surface area contributed by atoms with Gasteiger partial charge in [0.2, 0.25) is 21.8 Å². The number of hydrogen-bond donors (Lipinski definition) is 1. The number of carbonyl (C=O) groups excluding carboxylic acids is 2. The van der Waals surface area contributed by atoms with E-state index in [1.54, 1.807) is 0 Å². The molecule has 1 N–H and O–H groups in total. The zero-order valence-electron chi connectivity index (χ0n) is 21.6. The molecule has 0 unspecified atom stereocenters. The van der Waals surface area contributed by atoms with Gasteiger partial charge in [-0.25, -0.2) is 8.42 Å². The van der Waals surface area contributed by atoms with Gasteiger partial charge < -0.3 is 10.2 Å². The minimum atomic E-state index is -3.71. The lowest BCUT2D eigenvalue weighted by Gasteiger charge is -2.33. The van der Waals surface area contributed by atoms with E-state index in [2.05, 4.69) is 5.32 Å². The second kappa shape index (κ2) is 13.2. The van der Waals surface area contributed by atoms with Gasteiger partial charge in [-0.2, -0.15) is 4.31 Å². The maximum atomic E-state index is 13.9. The molecule has 8 heteroatoms. The normalized spacial score (nSPS) is 12.4. The maximum Gasteiger partial charge on any atom is 0.247 e. The Kier molecular flexibility index (Phi) is 10.00. The summed E-state index contributed by atoms with van der Waals surface area (Å²) in [6, 6.07) is 26.7. The molecule has 0 fully saturated rings. The number of sulfonamides is 1. The van der Waals surface area contributed by atoms with Crippen molar-refractivity contribution in [2.45, 2.75) is 33.0 Å². The van der Waals surface area contributed by atoms with Gasteiger partial charge in [-0.15, -0.1) is 0 Å². The first-order valence-electron chi connectivity index (χ1n) is 12.3. The summed E-state index contributed by atoms with van der Waals surface area (Å²) in [5, 5.41) is 2.96. The predicted molar refractivity (Wildman–Crippen MR) is 146 cm³/mol. The highest BCUT2D eigenvalue weighted by molar-refractivity contribution is 7.88. The fourth-order valence-corrected chi connectivity index (χ4v) is 4.66. The molecule has 37 heavy (non-hydrogen) atoms. The molecule has 3 rings (SSSR count). The van der Waals surface area contributed by atoms with E-state index in [1.165, 1.54) is 4.90 Å². The average Bonchev–Trinajstić information content (AvgIpc) is 2.88. The van der Waals surface area contributed by atoms with E-state index in [4.69, 9.17) is 0 Å². The van der Waals surface area contributed by atoms with Crippen LogP contribution in [0.3, 0.4) is 0 Å². The quantitative estimate of drug-likeness (QED) is 0.391. The summed E-state index contributed by atoms with van der Waals surface area (Å²) < 4.78 is 26.5. The minimum Gasteiger partial charge on any atom is -0.354 e. The van der Waals surface area contributed by atoms with Crippen LogP contribution in [0.1, 0.15) is 36.6 Å². The smallest absolute Gasteiger partial charge is 0.247 e. The highest BCUT2D eigenvalue weighted by Crippen LogP contribution is 2.25. The van der Waals surface area contributed by atoms with E-state index >= 15 is 0 Å². The topological polar surface area (TPSA) is 86.8 Å². The molecule has 2 amide bonds. The number of hydrogen-bond acceptors (Lipinski definition) is 4. The Hall–Kier alpha value is -3.49. The standard InChI is InChI=1S/C29H35N3O4S/c1-23(2)19-30-29(34)28(26-17-11-6-12-18-26)32(21-25-15-9-5-10-16-25)27(33)22-31(37(3,35)36)20-24-13-7-4-8-14-24/h4-18,23,28H,19-22H2,1-3H3,(H,30,34)/t28-/m0/s1. The fourth-order valence-electron chi connectivity index (χ4n) is 3.93. The van der Waals surface area contributed by atoms with E-state index in [0.717, 1.165) is 21.7 Å². The first-order chi connectivity index (χ1) is 17.6. The molecule has 0 radical (unpaired) electrons. The number of carbonyl (C=O) groups is 2. The molecule has 0 heterocycles. The maximum absolute atomic E-state index is 13.9. The van der Waals surface area contributed by atoms with Crippen LogP contribution in [0.2, 0.25) is 0 Å². The van der Waals surface area contributed by atoms with Crippen molar-refractivity contribution in [3.63, 3.8) is 0 Å². The molecule has 0 spiro atoms. The van der Waals surface area contributed by atoms with Crippen LogP contribution in [0.15, 0.2) is 91.0 Å². The van der Waals surface area contributed by atoms with Crippen LogP contribution in [-0.2, 0) is 32.7 Å². The number of nitrogens with zero attached hydrogens (tertiary/aromatic N) is 2. The Morgan fingerprint density at radius 1 is 0.784 bits per heavy atom. The minimum absolute atomic E-state index is 0.0557. The summed E-state index contributed by atoms with van der Waals surface area (Å²) in [5.74, 6) is -0.540. The van der Waals surface area contributed by atoms with Crippen molar-refractivity contribution in [2.24, 2.45) is 5.92 Å². The molecular weight excluding hydrogens is 486 g/mol. The van der Waals surface area contributed by atoms with Gasteiger partial charge in [-0.05, 0) is 22.6 Å². The van der Waals surface area contributed by atoms with Gasteiger partial charge in [-0.1, -0.05) is 105 Å². The average molecular weight is 522 g/mol. The molecule has 0 aliphatic rings. The summed E-state index contributed by atoms with van der Waals surface area (Å²) >= 11 is 0. The van der Waals surface area contributed by atoms with Crippen molar-refractivity contribution in [1.29, 1.82) is 0 Å². The Labute approximate surface area is 220 Å². The van der Waals surface area contributed by atoms with Gasteiger partial charge in [0, 0.05) is 19.6 Å². The second-order valence-electron chi connectivity index (χ2n) is 9.48. The number of rotatable bonds is 12. The second-order valence-corrected chi connectivity index (χ2v) is 11.5. The van der Waals surface area contributed by atoms with Crippen molar-refractivity contribution < 1.29 is 18.0 Å². The zero-order valence-corrected chi connectivity index (χ0v) is 22.4. The highest BCUT2D eigenvalue weighted by Gasteiger charge is 2.33. The van der Waals surface area contributed by atoms with Gasteiger partial charge in [0.1, 0.15) is 6.04 Å². The lowest BCUT2D eigenvalue weighted by atomic mass is 10.0. The molecule has 0 aliphatic heterocycles. The third kappa shape index (κ3) is 8.55. The number of amides is 2. The lowest BCUT2D eigenvalue weighted by molar-refractivity contribution is -0.141. The predicted octanol–water partition coefficient (Wildman–Crippen LogP) is 3.99. The number of benzene rings is 3. The third-order valence-corrected chi connectivity index (χ3v) is 7.05. The summed E-state index contributed by atoms with van der Waals surface area (Å²) in [6.07, 6.45) is 1.09. The Bertz CT molecular complexity index is 1250. The van der Waals surface area contributed by atoms with E-state index in [-0.39, 0.29) is 31.5 Å². The van der Waals surface area contributed by atoms with E-state index in [1.807, 2.05) is 105 Å². The monoisotopic (exact) mass is 521 g/mol. The molecule has 0 bridgehead atoms. The highest BCUT2D eigenvalue weighted by atomic mass is 32.2. The first kappa shape index (κ1) is 28.1. The molecule has 3 aromatic rings. The summed E-state index contributed by atoms with van der Waals surface area (Å²) in [7, 11) is -3.71. The van der Waals surface area contributed by atoms with Crippen molar-refractivity contribution >= 4 is 21.8 Å². The SMILES string of the molecule is CC(C)CNC(=O)[C@H](c1ccccc1)N(Cc1ccccc1)C(=O)CN(Cc1ccccc1)S(C)(=O)=O. The van der Waals surface area contributed by atoms with Crippen molar-refractivity contribution in [3.8, 4) is 0 Å². The summed E-state index contributed by atoms with van der Waals surface area (Å²) in [6.45, 7) is 4.27. The molecular formula is C29H35N3O4S. The lowest BCUT2D eigenvalue weighted by Crippen LogP contribution is -2.48. The molecule has 1 atom stereocenters. The number of nitrogens with one attached hydrogen (secondary N) is 1.